The molecule has 5 rings (SSSR count). The van der Waals surface area contributed by atoms with Gasteiger partial charge in [0.15, 0.2) is 0 Å². The number of aromatic nitrogens is 1. The van der Waals surface area contributed by atoms with Gasteiger partial charge in [-0.1, -0.05) is 63.1 Å². The lowest BCUT2D eigenvalue weighted by Gasteiger charge is -2.47. The zero-order valence-corrected chi connectivity index (χ0v) is 23.2. The molecule has 3 aromatic carbocycles. The molecule has 0 radical (unpaired) electrons. The molecule has 184 valence electrons. The molecule has 4 heteroatoms. The fourth-order valence-corrected chi connectivity index (χ4v) is 10.5. The molecular weight excluding hydrogens is 445 g/mol. The van der Waals surface area contributed by atoms with Gasteiger partial charge < -0.3 is 4.57 Å². The van der Waals surface area contributed by atoms with Crippen LogP contribution in [0.4, 0.5) is 5.69 Å². The maximum absolute atomic E-state index is 5.84. The molecular formula is C31H40N3P. The quantitative estimate of drug-likeness (QED) is 0.265. The van der Waals surface area contributed by atoms with Gasteiger partial charge in [0.05, 0.1) is 12.9 Å². The van der Waals surface area contributed by atoms with Crippen LogP contribution in [-0.4, -0.2) is 27.5 Å². The third-order valence-corrected chi connectivity index (χ3v) is 12.3. The number of hydrogen-bond acceptors (Lipinski definition) is 1. The summed E-state index contributed by atoms with van der Waals surface area (Å²) in [5.74, 6) is 0. The van der Waals surface area contributed by atoms with Gasteiger partial charge in [0, 0.05) is 51.9 Å². The molecule has 0 bridgehead atoms. The predicted molar refractivity (Wildman–Crippen MR) is 155 cm³/mol. The van der Waals surface area contributed by atoms with Gasteiger partial charge in [-0.3, -0.25) is 4.67 Å². The molecule has 4 aromatic rings. The van der Waals surface area contributed by atoms with Crippen LogP contribution in [0.1, 0.15) is 58.1 Å². The Morgan fingerprint density at radius 2 is 1.54 bits per heavy atom. The summed E-state index contributed by atoms with van der Waals surface area (Å²) in [4.78, 5) is 0. The molecule has 1 aliphatic heterocycles. The van der Waals surface area contributed by atoms with Crippen molar-refractivity contribution in [2.75, 3.05) is 13.1 Å². The highest BCUT2D eigenvalue weighted by atomic mass is 31.2. The van der Waals surface area contributed by atoms with E-state index in [0.29, 0.717) is 0 Å². The van der Waals surface area contributed by atoms with E-state index in [4.69, 9.17) is 4.74 Å². The number of piperidine rings is 1. The van der Waals surface area contributed by atoms with Crippen molar-refractivity contribution >= 4 is 40.0 Å². The van der Waals surface area contributed by atoms with Crippen LogP contribution in [0.3, 0.4) is 0 Å². The Morgan fingerprint density at radius 3 is 2.23 bits per heavy atom. The van der Waals surface area contributed by atoms with E-state index in [1.807, 2.05) is 0 Å². The number of aryl methyl sites for hydroxylation is 3. The van der Waals surface area contributed by atoms with Gasteiger partial charge in [0.1, 0.15) is 0 Å². The highest BCUT2D eigenvalue weighted by molar-refractivity contribution is 7.73. The van der Waals surface area contributed by atoms with Crippen molar-refractivity contribution in [2.24, 2.45) is 4.74 Å². The zero-order chi connectivity index (χ0) is 24.8. The van der Waals surface area contributed by atoms with Gasteiger partial charge in [-0.2, -0.15) is 0 Å². The van der Waals surface area contributed by atoms with Crippen molar-refractivity contribution in [3.05, 3.63) is 71.8 Å². The molecule has 3 nitrogen and oxygen atoms in total. The van der Waals surface area contributed by atoms with Gasteiger partial charge in [-0.25, -0.2) is 4.74 Å². The van der Waals surface area contributed by atoms with E-state index in [1.165, 1.54) is 57.5 Å². The van der Waals surface area contributed by atoms with E-state index in [9.17, 15) is 0 Å². The summed E-state index contributed by atoms with van der Waals surface area (Å²) in [6.07, 6.45) is 3.85. The van der Waals surface area contributed by atoms with Gasteiger partial charge in [0.25, 0.3) is 0 Å². The third-order valence-electron chi connectivity index (χ3n) is 7.71. The average Bonchev–Trinajstić information content (AvgIpc) is 3.16. The SMILES string of the molecule is CCn1c2ccccc2c2cc([P@](=Nc3ccc(C)cc3C)(N3CCCCC3)C(C)(C)C)ccc21. The van der Waals surface area contributed by atoms with Crippen molar-refractivity contribution in [3.8, 4) is 0 Å². The van der Waals surface area contributed by atoms with Crippen LogP contribution in [0.25, 0.3) is 21.8 Å². The number of hydrogen-bond donors (Lipinski definition) is 0. The highest BCUT2D eigenvalue weighted by Crippen LogP contribution is 2.65. The Morgan fingerprint density at radius 1 is 0.829 bits per heavy atom. The van der Waals surface area contributed by atoms with Crippen molar-refractivity contribution in [1.29, 1.82) is 0 Å². The summed E-state index contributed by atoms with van der Waals surface area (Å²) in [5, 5.41) is 4.14. The maximum atomic E-state index is 5.84. The molecule has 1 aliphatic rings. The summed E-state index contributed by atoms with van der Waals surface area (Å²) in [6, 6.07) is 22.9. The lowest BCUT2D eigenvalue weighted by atomic mass is 10.1. The van der Waals surface area contributed by atoms with E-state index in [1.54, 1.807) is 0 Å². The minimum atomic E-state index is -2.10. The smallest absolute Gasteiger partial charge is 0.0720 e. The number of rotatable bonds is 4. The molecule has 0 spiro atoms. The Labute approximate surface area is 211 Å². The normalized spacial score (nSPS) is 17.1. The van der Waals surface area contributed by atoms with Gasteiger partial charge in [-0.15, -0.1) is 0 Å². The van der Waals surface area contributed by atoms with Crippen molar-refractivity contribution in [1.82, 2.24) is 9.24 Å². The molecule has 1 aromatic heterocycles. The Bertz CT molecular complexity index is 1430. The Kier molecular flexibility index (Phi) is 6.45. The van der Waals surface area contributed by atoms with Crippen molar-refractivity contribution in [3.63, 3.8) is 0 Å². The molecule has 0 aliphatic carbocycles. The van der Waals surface area contributed by atoms with Crippen LogP contribution in [0, 0.1) is 13.8 Å². The maximum Gasteiger partial charge on any atom is 0.0720 e. The van der Waals surface area contributed by atoms with Crippen LogP contribution in [-0.2, 0) is 6.54 Å². The van der Waals surface area contributed by atoms with Crippen LogP contribution in [0.5, 0.6) is 0 Å². The summed E-state index contributed by atoms with van der Waals surface area (Å²) in [7, 11) is -2.10. The second-order valence-corrected chi connectivity index (χ2v) is 15.0. The van der Waals surface area contributed by atoms with Crippen molar-refractivity contribution < 1.29 is 0 Å². The van der Waals surface area contributed by atoms with E-state index >= 15 is 0 Å². The molecule has 0 saturated carbocycles. The van der Waals surface area contributed by atoms with E-state index in [0.717, 1.165) is 25.3 Å². The van der Waals surface area contributed by atoms with Crippen LogP contribution in [0.2, 0.25) is 0 Å². The van der Waals surface area contributed by atoms with Gasteiger partial charge >= 0.3 is 0 Å². The average molecular weight is 486 g/mol. The molecule has 1 atom stereocenters. The number of benzene rings is 3. The molecule has 1 saturated heterocycles. The lowest BCUT2D eigenvalue weighted by Crippen LogP contribution is -2.39. The molecule has 35 heavy (non-hydrogen) atoms. The van der Waals surface area contributed by atoms with Crippen molar-refractivity contribution in [2.45, 2.75) is 72.5 Å². The summed E-state index contributed by atoms with van der Waals surface area (Å²) < 4.78 is 11.1. The lowest BCUT2D eigenvalue weighted by molar-refractivity contribution is 0.361. The molecule has 1 fully saturated rings. The minimum absolute atomic E-state index is 0.0124. The van der Waals surface area contributed by atoms with Crippen LogP contribution < -0.4 is 5.30 Å². The first-order valence-corrected chi connectivity index (χ1v) is 14.9. The first-order valence-electron chi connectivity index (χ1n) is 13.2. The summed E-state index contributed by atoms with van der Waals surface area (Å²) in [6.45, 7) is 17.1. The molecule has 0 unspecified atom stereocenters. The zero-order valence-electron chi connectivity index (χ0n) is 22.3. The highest BCUT2D eigenvalue weighted by Gasteiger charge is 2.42. The third kappa shape index (κ3) is 4.07. The molecule has 0 N–H and O–H groups in total. The van der Waals surface area contributed by atoms with Gasteiger partial charge in [0.2, 0.25) is 0 Å². The number of fused-ring (bicyclic) bond motifs is 3. The van der Waals surface area contributed by atoms with E-state index < -0.39 is 7.21 Å². The second-order valence-electron chi connectivity index (χ2n) is 11.1. The minimum Gasteiger partial charge on any atom is -0.341 e. The number of nitrogens with zero attached hydrogens (tertiary/aromatic N) is 3. The van der Waals surface area contributed by atoms with Gasteiger partial charge in [-0.05, 0) is 69.5 Å². The van der Waals surface area contributed by atoms with Crippen LogP contribution >= 0.6 is 7.21 Å². The Balaban J connectivity index is 1.86. The Hall–Kier alpha value is -2.35. The van der Waals surface area contributed by atoms with Crippen LogP contribution in [0.15, 0.2) is 65.4 Å². The topological polar surface area (TPSA) is 20.5 Å². The summed E-state index contributed by atoms with van der Waals surface area (Å²) in [5.41, 5.74) is 6.38. The standard InChI is InChI=1S/C31H40N3P/c1-7-34-29-14-10-9-13-26(29)27-22-25(16-18-30(27)34)35(31(4,5)6,33-19-11-8-12-20-33)32-28-17-15-23(2)21-24(28)3/h9-10,13-18,21-22H,7-8,11-12,19-20H2,1-6H3/t35-/m0/s1. The fraction of sp³-hybridized carbons (Fsp3) is 0.419. The monoisotopic (exact) mass is 485 g/mol. The predicted octanol–water partition coefficient (Wildman–Crippen LogP) is 8.79. The molecule has 2 heterocycles. The largest absolute Gasteiger partial charge is 0.341 e. The fourth-order valence-electron chi connectivity index (χ4n) is 6.06. The van der Waals surface area contributed by atoms with E-state index in [-0.39, 0.29) is 5.16 Å². The second kappa shape index (κ2) is 9.26. The first kappa shape index (κ1) is 24.3. The number of para-hydroxylation sites is 1. The summed E-state index contributed by atoms with van der Waals surface area (Å²) >= 11 is 0. The van der Waals surface area contributed by atoms with E-state index in [2.05, 4.69) is 111 Å². The first-order chi connectivity index (χ1) is 16.8. The molecule has 0 amide bonds.